The van der Waals surface area contributed by atoms with Crippen LogP contribution in [0.25, 0.3) is 22.8 Å². The molecule has 0 aliphatic heterocycles. The molecular weight excluding hydrogens is 763 g/mol. The first kappa shape index (κ1) is 46.9. The summed E-state index contributed by atoms with van der Waals surface area (Å²) in [6.07, 6.45) is 1.92. The molecule has 11 heteroatoms. The minimum Gasteiger partial charge on any atom is -0.512 e. The second-order valence-corrected chi connectivity index (χ2v) is 14.1. The number of hydrogen-bond acceptors (Lipinski definition) is 8. The molecule has 0 aliphatic rings. The summed E-state index contributed by atoms with van der Waals surface area (Å²) in [4.78, 5) is 21.3. The van der Waals surface area contributed by atoms with Crippen LogP contribution < -0.4 is 19.3 Å². The molecule has 0 atom stereocenters. The van der Waals surface area contributed by atoms with Crippen molar-refractivity contribution < 1.29 is 31.2 Å². The fourth-order valence-corrected chi connectivity index (χ4v) is 4.67. The first-order chi connectivity index (χ1) is 25.9. The van der Waals surface area contributed by atoms with Gasteiger partial charge in [0.05, 0.1) is 13.2 Å². The molecule has 4 aromatic carbocycles. The molecule has 55 heavy (non-hydrogen) atoms. The van der Waals surface area contributed by atoms with E-state index in [9.17, 15) is 0 Å². The van der Waals surface area contributed by atoms with Crippen LogP contribution in [0, 0.1) is 24.0 Å². The van der Waals surface area contributed by atoms with Gasteiger partial charge in [0.2, 0.25) is 0 Å². The van der Waals surface area contributed by atoms with E-state index in [1.807, 2.05) is 147 Å². The summed E-state index contributed by atoms with van der Waals surface area (Å²) in [6.45, 7) is 9.80. The zero-order chi connectivity index (χ0) is 39.3. The van der Waals surface area contributed by atoms with Crippen molar-refractivity contribution >= 4 is 34.6 Å². The van der Waals surface area contributed by atoms with Gasteiger partial charge >= 0.3 is 21.7 Å². The maximum Gasteiger partial charge on any atom is 4.00 e. The number of ether oxygens (including phenoxy) is 2. The number of rotatable bonds is 12. The van der Waals surface area contributed by atoms with E-state index in [0.29, 0.717) is 48.5 Å². The average Bonchev–Trinajstić information content (AvgIpc) is 3.92. The van der Waals surface area contributed by atoms with Crippen LogP contribution in [0.3, 0.4) is 0 Å². The normalized spacial score (nSPS) is 10.1. The van der Waals surface area contributed by atoms with Crippen LogP contribution in [-0.4, -0.2) is 61.3 Å². The third-order valence-corrected chi connectivity index (χ3v) is 7.86. The summed E-state index contributed by atoms with van der Waals surface area (Å²) >= 11 is 12.1. The molecular formula is C44H52Cl2N6O2Ti. The van der Waals surface area contributed by atoms with Gasteiger partial charge in [0.15, 0.2) is 11.6 Å². The second-order valence-electron chi connectivity index (χ2n) is 13.4. The zero-order valence-corrected chi connectivity index (χ0v) is 36.2. The molecule has 0 aliphatic carbocycles. The van der Waals surface area contributed by atoms with Crippen LogP contribution in [-0.2, 0) is 21.7 Å². The number of hydrogen-bond donors (Lipinski definition) is 0. The molecule has 0 saturated heterocycles. The SMILES string of the molecule is CC(C)CCOc1[c-]c(Cl)nc(-c2ccc(N(C)C)cc2)n1.CC(C)CCOc1[c-]c(Cl)nc(-c2ccc(N(C)C)cc2)n1.[Ti+4].c1cc[cH-]c1.c1cc[cH-]c1. The van der Waals surface area contributed by atoms with Crippen molar-refractivity contribution in [2.45, 2.75) is 40.5 Å². The summed E-state index contributed by atoms with van der Waals surface area (Å²) in [5.74, 6) is 3.05. The second kappa shape index (κ2) is 25.8. The van der Waals surface area contributed by atoms with Gasteiger partial charge in [-0.2, -0.15) is 36.4 Å². The van der Waals surface area contributed by atoms with Gasteiger partial charge in [0, 0.05) is 62.5 Å². The van der Waals surface area contributed by atoms with Gasteiger partial charge in [0.25, 0.3) is 0 Å². The molecule has 0 spiro atoms. The fourth-order valence-electron chi connectivity index (χ4n) is 4.35. The van der Waals surface area contributed by atoms with E-state index >= 15 is 0 Å². The third kappa shape index (κ3) is 18.8. The Kier molecular flexibility index (Phi) is 22.0. The Labute approximate surface area is 353 Å². The van der Waals surface area contributed by atoms with Crippen LogP contribution in [0.2, 0.25) is 10.3 Å². The molecule has 2 heterocycles. The van der Waals surface area contributed by atoms with Crippen molar-refractivity contribution in [1.29, 1.82) is 0 Å². The van der Waals surface area contributed by atoms with Crippen molar-refractivity contribution in [2.75, 3.05) is 51.2 Å². The number of aromatic nitrogens is 4. The predicted molar refractivity (Wildman–Crippen MR) is 225 cm³/mol. The number of nitrogens with zero attached hydrogens (tertiary/aromatic N) is 6. The van der Waals surface area contributed by atoms with Gasteiger partial charge < -0.3 is 31.4 Å². The van der Waals surface area contributed by atoms with Crippen molar-refractivity contribution in [1.82, 2.24) is 19.9 Å². The minimum atomic E-state index is 0. The smallest absolute Gasteiger partial charge is 0.512 e. The summed E-state index contributed by atoms with van der Waals surface area (Å²) in [5, 5.41) is 0.530. The van der Waals surface area contributed by atoms with Crippen LogP contribution in [0.1, 0.15) is 40.5 Å². The molecule has 0 bridgehead atoms. The Balaban J connectivity index is 0.000000298. The van der Waals surface area contributed by atoms with Gasteiger partial charge in [-0.15, -0.1) is 23.2 Å². The quantitative estimate of drug-likeness (QED) is 0.0687. The Bertz CT molecular complexity index is 1680. The first-order valence-corrected chi connectivity index (χ1v) is 18.7. The third-order valence-electron chi connectivity index (χ3n) is 7.51. The van der Waals surface area contributed by atoms with Crippen LogP contribution in [0.15, 0.2) is 109 Å². The van der Waals surface area contributed by atoms with E-state index in [4.69, 9.17) is 32.7 Å². The summed E-state index contributed by atoms with van der Waals surface area (Å²) in [5.41, 5.74) is 4.03. The van der Waals surface area contributed by atoms with Gasteiger partial charge in [-0.1, -0.05) is 27.7 Å². The van der Waals surface area contributed by atoms with Crippen LogP contribution in [0.5, 0.6) is 11.8 Å². The van der Waals surface area contributed by atoms with E-state index in [1.54, 1.807) is 0 Å². The van der Waals surface area contributed by atoms with Gasteiger partial charge in [-0.3, -0.25) is 9.97 Å². The number of benzene rings is 2. The Hall–Kier alpha value is -4.21. The molecule has 0 saturated carbocycles. The maximum absolute atomic E-state index is 6.03. The molecule has 2 aromatic heterocycles. The molecule has 0 amide bonds. The van der Waals surface area contributed by atoms with Crippen molar-refractivity contribution in [3.63, 3.8) is 0 Å². The summed E-state index contributed by atoms with van der Waals surface area (Å²) < 4.78 is 11.2. The zero-order valence-electron chi connectivity index (χ0n) is 33.1. The monoisotopic (exact) mass is 814 g/mol. The molecule has 0 unspecified atom stereocenters. The van der Waals surface area contributed by atoms with E-state index in [0.717, 1.165) is 35.3 Å². The fraction of sp³-hybridized carbons (Fsp3) is 0.318. The van der Waals surface area contributed by atoms with Crippen LogP contribution in [0.4, 0.5) is 11.4 Å². The van der Waals surface area contributed by atoms with E-state index in [-0.39, 0.29) is 32.0 Å². The molecule has 288 valence electrons. The Morgan fingerprint density at radius 2 is 0.891 bits per heavy atom. The minimum absolute atomic E-state index is 0. The molecule has 0 radical (unpaired) electrons. The Morgan fingerprint density at radius 3 is 1.15 bits per heavy atom. The molecule has 0 N–H and O–H groups in total. The van der Waals surface area contributed by atoms with Gasteiger partial charge in [0.1, 0.15) is 0 Å². The predicted octanol–water partition coefficient (Wildman–Crippen LogP) is 11.0. The van der Waals surface area contributed by atoms with Gasteiger partial charge in [-0.05, 0) is 83.5 Å². The van der Waals surface area contributed by atoms with E-state index < -0.39 is 0 Å². The largest absolute Gasteiger partial charge is 4.00 e. The maximum atomic E-state index is 6.03. The van der Waals surface area contributed by atoms with E-state index in [2.05, 4.69) is 59.8 Å². The molecule has 8 nitrogen and oxygen atoms in total. The molecule has 6 rings (SSSR count). The molecule has 0 fully saturated rings. The summed E-state index contributed by atoms with van der Waals surface area (Å²) in [6, 6.07) is 41.6. The van der Waals surface area contributed by atoms with E-state index in [1.165, 1.54) is 0 Å². The Morgan fingerprint density at radius 1 is 0.564 bits per heavy atom. The van der Waals surface area contributed by atoms with Crippen molar-refractivity contribution in [3.05, 3.63) is 132 Å². The standard InChI is InChI=1S/2C17H21ClN3O.2C5H5.Ti/c2*1-12(2)9-10-22-16-11-15(18)19-17(20-16)13-5-7-14(8-6-13)21(3)4;2*1-2-4-5-3-1;/h2*5-8,12H,9-10H2,1-4H3;2*1-5H;/q4*-1;+4. The first-order valence-electron chi connectivity index (χ1n) is 18.0. The number of halogens is 2. The van der Waals surface area contributed by atoms with Crippen molar-refractivity contribution in [2.24, 2.45) is 11.8 Å². The number of anilines is 2. The average molecular weight is 816 g/mol. The summed E-state index contributed by atoms with van der Waals surface area (Å²) in [7, 11) is 8.00. The van der Waals surface area contributed by atoms with Crippen molar-refractivity contribution in [3.8, 4) is 34.5 Å². The topological polar surface area (TPSA) is 76.5 Å². The van der Waals surface area contributed by atoms with Crippen LogP contribution >= 0.6 is 23.2 Å². The van der Waals surface area contributed by atoms with Gasteiger partial charge in [-0.25, -0.2) is 34.2 Å². The molecule has 6 aromatic rings.